The largest absolute Gasteiger partial charge is 0.484 e. The van der Waals surface area contributed by atoms with Crippen molar-refractivity contribution in [1.29, 1.82) is 0 Å². The predicted molar refractivity (Wildman–Crippen MR) is 108 cm³/mol. The molecule has 1 aromatic carbocycles. The zero-order valence-electron chi connectivity index (χ0n) is 16.6. The Morgan fingerprint density at radius 3 is 2.57 bits per heavy atom. The molecule has 3 amide bonds. The van der Waals surface area contributed by atoms with Crippen molar-refractivity contribution in [3.05, 3.63) is 60.4 Å². The standard InChI is InChI=1S/C22H24N4O4/c27-20-15-25(14-17-6-9-23-10-7-17)22(29)19-8-11-24(12-13-26(19)20)21(28)16-30-18-4-2-1-3-5-18/h1-7,9-10,19H,8,11-16H2. The summed E-state index contributed by atoms with van der Waals surface area (Å²) in [5, 5.41) is 0. The number of rotatable bonds is 5. The summed E-state index contributed by atoms with van der Waals surface area (Å²) in [6.07, 6.45) is 3.77. The van der Waals surface area contributed by atoms with Crippen LogP contribution in [-0.4, -0.2) is 76.2 Å². The summed E-state index contributed by atoms with van der Waals surface area (Å²) in [5.41, 5.74) is 0.933. The average Bonchev–Trinajstić information content (AvgIpc) is 3.01. The van der Waals surface area contributed by atoms with Gasteiger partial charge in [-0.05, 0) is 36.2 Å². The maximum atomic E-state index is 13.0. The number of hydrogen-bond donors (Lipinski definition) is 0. The van der Waals surface area contributed by atoms with Gasteiger partial charge in [-0.1, -0.05) is 18.2 Å². The van der Waals surface area contributed by atoms with Crippen molar-refractivity contribution < 1.29 is 19.1 Å². The number of para-hydroxylation sites is 1. The summed E-state index contributed by atoms with van der Waals surface area (Å²) in [4.78, 5) is 47.2. The minimum Gasteiger partial charge on any atom is -0.484 e. The van der Waals surface area contributed by atoms with Crippen LogP contribution in [0.5, 0.6) is 5.75 Å². The van der Waals surface area contributed by atoms with Crippen molar-refractivity contribution in [2.24, 2.45) is 0 Å². The van der Waals surface area contributed by atoms with E-state index < -0.39 is 6.04 Å². The molecule has 0 radical (unpaired) electrons. The summed E-state index contributed by atoms with van der Waals surface area (Å²) >= 11 is 0. The highest BCUT2D eigenvalue weighted by atomic mass is 16.5. The topological polar surface area (TPSA) is 83.0 Å². The molecule has 1 atom stereocenters. The normalized spacial score (nSPS) is 19.3. The Morgan fingerprint density at radius 2 is 1.80 bits per heavy atom. The molecule has 2 aliphatic rings. The third-order valence-electron chi connectivity index (χ3n) is 5.48. The number of benzene rings is 1. The van der Waals surface area contributed by atoms with Crippen LogP contribution in [0.1, 0.15) is 12.0 Å². The second-order valence-corrected chi connectivity index (χ2v) is 7.42. The highest BCUT2D eigenvalue weighted by Crippen LogP contribution is 2.21. The van der Waals surface area contributed by atoms with E-state index in [1.54, 1.807) is 39.2 Å². The second-order valence-electron chi connectivity index (χ2n) is 7.42. The zero-order valence-corrected chi connectivity index (χ0v) is 16.6. The Hall–Kier alpha value is -3.42. The van der Waals surface area contributed by atoms with Crippen LogP contribution >= 0.6 is 0 Å². The first-order valence-electron chi connectivity index (χ1n) is 10.0. The van der Waals surface area contributed by atoms with Crippen molar-refractivity contribution in [3.8, 4) is 5.75 Å². The van der Waals surface area contributed by atoms with Gasteiger partial charge in [-0.2, -0.15) is 0 Å². The summed E-state index contributed by atoms with van der Waals surface area (Å²) in [7, 11) is 0. The third kappa shape index (κ3) is 4.42. The highest BCUT2D eigenvalue weighted by Gasteiger charge is 2.41. The quantitative estimate of drug-likeness (QED) is 0.735. The second kappa shape index (κ2) is 8.94. The summed E-state index contributed by atoms with van der Waals surface area (Å²) in [5.74, 6) is 0.340. The van der Waals surface area contributed by atoms with Crippen molar-refractivity contribution in [3.63, 3.8) is 0 Å². The third-order valence-corrected chi connectivity index (χ3v) is 5.48. The average molecular weight is 408 g/mol. The fourth-order valence-corrected chi connectivity index (χ4v) is 3.87. The van der Waals surface area contributed by atoms with Crippen LogP contribution in [0.3, 0.4) is 0 Å². The molecule has 0 saturated carbocycles. The molecule has 4 rings (SSSR count). The van der Waals surface area contributed by atoms with Gasteiger partial charge < -0.3 is 19.4 Å². The molecule has 8 nitrogen and oxygen atoms in total. The van der Waals surface area contributed by atoms with Gasteiger partial charge in [0.25, 0.3) is 5.91 Å². The van der Waals surface area contributed by atoms with Gasteiger partial charge in [0.15, 0.2) is 6.61 Å². The Bertz CT molecular complexity index is 906. The predicted octanol–water partition coefficient (Wildman–Crippen LogP) is 0.932. The number of nitrogens with zero attached hydrogens (tertiary/aromatic N) is 4. The van der Waals surface area contributed by atoms with Crippen LogP contribution < -0.4 is 4.74 Å². The number of hydrogen-bond acceptors (Lipinski definition) is 5. The van der Waals surface area contributed by atoms with Crippen LogP contribution in [0.4, 0.5) is 0 Å². The minimum atomic E-state index is -0.527. The fraction of sp³-hybridized carbons (Fsp3) is 0.364. The van der Waals surface area contributed by atoms with Crippen LogP contribution in [0, 0.1) is 0 Å². The molecule has 0 aliphatic carbocycles. The van der Waals surface area contributed by atoms with E-state index in [0.29, 0.717) is 38.3 Å². The molecule has 30 heavy (non-hydrogen) atoms. The van der Waals surface area contributed by atoms with E-state index in [0.717, 1.165) is 5.56 Å². The van der Waals surface area contributed by atoms with Crippen LogP contribution in [0.2, 0.25) is 0 Å². The smallest absolute Gasteiger partial charge is 0.260 e. The van der Waals surface area contributed by atoms with Gasteiger partial charge >= 0.3 is 0 Å². The lowest BCUT2D eigenvalue weighted by Gasteiger charge is -2.39. The van der Waals surface area contributed by atoms with E-state index in [4.69, 9.17) is 4.74 Å². The van der Waals surface area contributed by atoms with Crippen LogP contribution in [0.15, 0.2) is 54.9 Å². The Kier molecular flexibility index (Phi) is 5.92. The van der Waals surface area contributed by atoms with Gasteiger partial charge in [-0.25, -0.2) is 0 Å². The van der Waals surface area contributed by atoms with E-state index in [1.807, 2.05) is 30.3 Å². The first-order chi connectivity index (χ1) is 14.6. The van der Waals surface area contributed by atoms with Crippen molar-refractivity contribution in [2.75, 3.05) is 32.8 Å². The highest BCUT2D eigenvalue weighted by molar-refractivity contribution is 5.95. The van der Waals surface area contributed by atoms with Crippen molar-refractivity contribution in [2.45, 2.75) is 19.0 Å². The molecule has 1 aromatic heterocycles. The number of fused-ring (bicyclic) bond motifs is 1. The number of pyridine rings is 1. The SMILES string of the molecule is O=C(COc1ccccc1)N1CCC2C(=O)N(Cc3ccncc3)CC(=O)N2CC1. The van der Waals surface area contributed by atoms with Crippen molar-refractivity contribution in [1.82, 2.24) is 19.7 Å². The number of aromatic nitrogens is 1. The number of ether oxygens (including phenoxy) is 1. The van der Waals surface area contributed by atoms with Gasteiger partial charge in [0, 0.05) is 38.6 Å². The number of carbonyl (C=O) groups is 3. The molecule has 0 spiro atoms. The number of piperazine rings is 1. The molecule has 8 heteroatoms. The van der Waals surface area contributed by atoms with Crippen molar-refractivity contribution >= 4 is 17.7 Å². The van der Waals surface area contributed by atoms with Gasteiger partial charge in [0.2, 0.25) is 11.8 Å². The molecule has 0 bridgehead atoms. The molecule has 0 N–H and O–H groups in total. The lowest BCUT2D eigenvalue weighted by molar-refractivity contribution is -0.156. The molecule has 3 heterocycles. The number of carbonyl (C=O) groups excluding carboxylic acids is 3. The maximum absolute atomic E-state index is 13.0. The lowest BCUT2D eigenvalue weighted by atomic mass is 10.1. The van der Waals surface area contributed by atoms with Crippen LogP contribution in [0.25, 0.3) is 0 Å². The molecule has 2 aliphatic heterocycles. The van der Waals surface area contributed by atoms with E-state index in [-0.39, 0.29) is 30.9 Å². The number of amides is 3. The Morgan fingerprint density at radius 1 is 1.03 bits per heavy atom. The Balaban J connectivity index is 1.37. The van der Waals surface area contributed by atoms with Gasteiger partial charge in [-0.15, -0.1) is 0 Å². The molecular weight excluding hydrogens is 384 g/mol. The van der Waals surface area contributed by atoms with Gasteiger partial charge in [-0.3, -0.25) is 19.4 Å². The molecule has 2 fully saturated rings. The summed E-state index contributed by atoms with van der Waals surface area (Å²) in [6, 6.07) is 12.3. The molecule has 2 saturated heterocycles. The lowest BCUT2D eigenvalue weighted by Crippen LogP contribution is -2.59. The molecular formula is C22H24N4O4. The molecule has 156 valence electrons. The van der Waals surface area contributed by atoms with E-state index in [1.165, 1.54) is 0 Å². The first kappa shape index (κ1) is 19.9. The first-order valence-corrected chi connectivity index (χ1v) is 10.0. The van der Waals surface area contributed by atoms with E-state index in [2.05, 4.69) is 4.98 Å². The summed E-state index contributed by atoms with van der Waals surface area (Å²) < 4.78 is 5.55. The maximum Gasteiger partial charge on any atom is 0.260 e. The van der Waals surface area contributed by atoms with Crippen LogP contribution in [-0.2, 0) is 20.9 Å². The zero-order chi connectivity index (χ0) is 20.9. The summed E-state index contributed by atoms with van der Waals surface area (Å²) in [6.45, 7) is 1.55. The van der Waals surface area contributed by atoms with E-state index >= 15 is 0 Å². The minimum absolute atomic E-state index is 0.0583. The fourth-order valence-electron chi connectivity index (χ4n) is 3.87. The monoisotopic (exact) mass is 408 g/mol. The Labute approximate surface area is 175 Å². The van der Waals surface area contributed by atoms with E-state index in [9.17, 15) is 14.4 Å². The molecule has 1 unspecified atom stereocenters. The molecule has 2 aromatic rings. The van der Waals surface area contributed by atoms with Gasteiger partial charge in [0.1, 0.15) is 18.3 Å². The van der Waals surface area contributed by atoms with Gasteiger partial charge in [0.05, 0.1) is 0 Å².